The normalized spacial score (nSPS) is 14.6. The number of hydrogen-bond donors (Lipinski definition) is 0. The minimum Gasteiger partial charge on any atom is -0.491 e. The molecule has 7 heteroatoms. The zero-order valence-electron chi connectivity index (χ0n) is 16.5. The predicted octanol–water partition coefficient (Wildman–Crippen LogP) is 2.91. The summed E-state index contributed by atoms with van der Waals surface area (Å²) in [6.45, 7) is 3.12. The van der Waals surface area contributed by atoms with E-state index >= 15 is 0 Å². The van der Waals surface area contributed by atoms with Crippen molar-refractivity contribution >= 4 is 5.91 Å². The second kappa shape index (κ2) is 7.26. The van der Waals surface area contributed by atoms with Crippen LogP contribution in [-0.2, 0) is 6.54 Å². The maximum atomic E-state index is 13.4. The van der Waals surface area contributed by atoms with Gasteiger partial charge in [-0.25, -0.2) is 0 Å². The molecule has 0 aliphatic carbocycles. The topological polar surface area (TPSA) is 70.0 Å². The van der Waals surface area contributed by atoms with Gasteiger partial charge in [0, 0.05) is 24.4 Å². The van der Waals surface area contributed by atoms with Gasteiger partial charge < -0.3 is 19.1 Å². The summed E-state index contributed by atoms with van der Waals surface area (Å²) in [7, 11) is 0. The van der Waals surface area contributed by atoms with Crippen LogP contribution in [-0.4, -0.2) is 35.3 Å². The van der Waals surface area contributed by atoms with Gasteiger partial charge in [0.05, 0.1) is 12.2 Å². The SMILES string of the molecule is Cc1ccn(-c2ccc3c(c2)OCO3)c(=O)c1C(=O)N1CCOc2ccccc2C1. The zero-order valence-corrected chi connectivity index (χ0v) is 16.5. The Bertz CT molecular complexity index is 1200. The number of carbonyl (C=O) groups excluding carboxylic acids is 1. The molecule has 0 fully saturated rings. The molecule has 7 nitrogen and oxygen atoms in total. The first-order chi connectivity index (χ1) is 14.6. The summed E-state index contributed by atoms with van der Waals surface area (Å²) in [5.41, 5.74) is 1.98. The van der Waals surface area contributed by atoms with Gasteiger partial charge in [-0.3, -0.25) is 14.2 Å². The Kier molecular flexibility index (Phi) is 4.43. The summed E-state index contributed by atoms with van der Waals surface area (Å²) in [5, 5.41) is 0. The predicted molar refractivity (Wildman–Crippen MR) is 110 cm³/mol. The highest BCUT2D eigenvalue weighted by molar-refractivity contribution is 5.95. The van der Waals surface area contributed by atoms with Gasteiger partial charge in [-0.1, -0.05) is 18.2 Å². The third-order valence-electron chi connectivity index (χ3n) is 5.39. The van der Waals surface area contributed by atoms with Crippen molar-refractivity contribution in [2.75, 3.05) is 19.9 Å². The molecule has 3 aromatic rings. The van der Waals surface area contributed by atoms with Gasteiger partial charge in [-0.15, -0.1) is 0 Å². The number of hydrogen-bond acceptors (Lipinski definition) is 5. The average Bonchev–Trinajstić information content (AvgIpc) is 3.11. The molecule has 0 unspecified atom stereocenters. The highest BCUT2D eigenvalue weighted by atomic mass is 16.7. The Balaban J connectivity index is 1.52. The van der Waals surface area contributed by atoms with Crippen LogP contribution >= 0.6 is 0 Å². The van der Waals surface area contributed by atoms with E-state index in [9.17, 15) is 9.59 Å². The molecule has 1 aromatic heterocycles. The van der Waals surface area contributed by atoms with Crippen LogP contribution in [0.25, 0.3) is 5.69 Å². The third-order valence-corrected chi connectivity index (χ3v) is 5.39. The quantitative estimate of drug-likeness (QED) is 0.657. The first kappa shape index (κ1) is 18.3. The number of aromatic nitrogens is 1. The van der Waals surface area contributed by atoms with Gasteiger partial charge in [-0.2, -0.15) is 0 Å². The first-order valence-electron chi connectivity index (χ1n) is 9.74. The molecule has 0 saturated carbocycles. The Morgan fingerprint density at radius 2 is 1.80 bits per heavy atom. The smallest absolute Gasteiger partial charge is 0.268 e. The van der Waals surface area contributed by atoms with Crippen LogP contribution < -0.4 is 19.8 Å². The van der Waals surface area contributed by atoms with Crippen molar-refractivity contribution in [3.8, 4) is 22.9 Å². The highest BCUT2D eigenvalue weighted by Crippen LogP contribution is 2.33. The largest absolute Gasteiger partial charge is 0.491 e. The molecular weight excluding hydrogens is 384 g/mol. The molecule has 2 aromatic carbocycles. The van der Waals surface area contributed by atoms with Crippen LogP contribution in [0.3, 0.4) is 0 Å². The second-order valence-corrected chi connectivity index (χ2v) is 7.27. The maximum absolute atomic E-state index is 13.4. The molecule has 2 aliphatic rings. The fraction of sp³-hybridized carbons (Fsp3) is 0.217. The summed E-state index contributed by atoms with van der Waals surface area (Å²) < 4.78 is 18.0. The van der Waals surface area contributed by atoms with E-state index in [2.05, 4.69) is 0 Å². The fourth-order valence-electron chi connectivity index (χ4n) is 3.78. The van der Waals surface area contributed by atoms with Crippen LogP contribution in [0.5, 0.6) is 17.2 Å². The summed E-state index contributed by atoms with van der Waals surface area (Å²) >= 11 is 0. The minimum absolute atomic E-state index is 0.157. The molecule has 1 amide bonds. The molecule has 0 spiro atoms. The summed E-state index contributed by atoms with van der Waals surface area (Å²) in [5.74, 6) is 1.69. The second-order valence-electron chi connectivity index (χ2n) is 7.27. The van der Waals surface area contributed by atoms with Gasteiger partial charge >= 0.3 is 0 Å². The molecule has 152 valence electrons. The number of amides is 1. The molecule has 0 bridgehead atoms. The fourth-order valence-corrected chi connectivity index (χ4v) is 3.78. The van der Waals surface area contributed by atoms with Crippen molar-refractivity contribution in [1.29, 1.82) is 0 Å². The van der Waals surface area contributed by atoms with Gasteiger partial charge in [0.15, 0.2) is 11.5 Å². The van der Waals surface area contributed by atoms with E-state index in [1.807, 2.05) is 24.3 Å². The molecule has 3 heterocycles. The number of benzene rings is 2. The summed E-state index contributed by atoms with van der Waals surface area (Å²) in [4.78, 5) is 28.4. The lowest BCUT2D eigenvalue weighted by Gasteiger charge is -2.21. The third kappa shape index (κ3) is 3.08. The molecule has 0 radical (unpaired) electrons. The lowest BCUT2D eigenvalue weighted by atomic mass is 10.1. The van der Waals surface area contributed by atoms with Gasteiger partial charge in [0.2, 0.25) is 6.79 Å². The summed E-state index contributed by atoms with van der Waals surface area (Å²) in [6.07, 6.45) is 1.67. The van der Waals surface area contributed by atoms with Crippen molar-refractivity contribution < 1.29 is 19.0 Å². The number of rotatable bonds is 2. The van der Waals surface area contributed by atoms with Crippen molar-refractivity contribution in [2.24, 2.45) is 0 Å². The van der Waals surface area contributed by atoms with Crippen LogP contribution in [0, 0.1) is 6.92 Å². The molecule has 0 atom stereocenters. The maximum Gasteiger partial charge on any atom is 0.268 e. The Labute approximate surface area is 173 Å². The number of para-hydroxylation sites is 1. The Morgan fingerprint density at radius 3 is 2.70 bits per heavy atom. The van der Waals surface area contributed by atoms with Crippen molar-refractivity contribution in [3.63, 3.8) is 0 Å². The van der Waals surface area contributed by atoms with E-state index in [-0.39, 0.29) is 23.8 Å². The van der Waals surface area contributed by atoms with Crippen molar-refractivity contribution in [3.05, 3.63) is 81.8 Å². The Morgan fingerprint density at radius 1 is 0.967 bits per heavy atom. The van der Waals surface area contributed by atoms with Crippen LogP contribution in [0.1, 0.15) is 21.5 Å². The lowest BCUT2D eigenvalue weighted by molar-refractivity contribution is 0.0730. The molecule has 30 heavy (non-hydrogen) atoms. The number of carbonyl (C=O) groups is 1. The van der Waals surface area contributed by atoms with Gasteiger partial charge in [-0.05, 0) is 36.8 Å². The summed E-state index contributed by atoms with van der Waals surface area (Å²) in [6, 6.07) is 14.7. The van der Waals surface area contributed by atoms with Crippen LogP contribution in [0.4, 0.5) is 0 Å². The lowest BCUT2D eigenvalue weighted by Crippen LogP contribution is -2.38. The van der Waals surface area contributed by atoms with E-state index in [0.717, 1.165) is 11.3 Å². The number of fused-ring (bicyclic) bond motifs is 2. The molecule has 0 N–H and O–H groups in total. The van der Waals surface area contributed by atoms with Crippen LogP contribution in [0.2, 0.25) is 0 Å². The van der Waals surface area contributed by atoms with E-state index < -0.39 is 0 Å². The Hall–Kier alpha value is -3.74. The van der Waals surface area contributed by atoms with E-state index in [4.69, 9.17) is 14.2 Å². The number of aryl methyl sites for hydroxylation is 1. The van der Waals surface area contributed by atoms with E-state index in [1.54, 1.807) is 42.3 Å². The molecular formula is C23H20N2O5. The van der Waals surface area contributed by atoms with E-state index in [0.29, 0.717) is 42.4 Å². The highest BCUT2D eigenvalue weighted by Gasteiger charge is 2.25. The van der Waals surface area contributed by atoms with Crippen LogP contribution in [0.15, 0.2) is 59.5 Å². The average molecular weight is 404 g/mol. The molecule has 2 aliphatic heterocycles. The minimum atomic E-state index is -0.364. The van der Waals surface area contributed by atoms with Crippen molar-refractivity contribution in [1.82, 2.24) is 9.47 Å². The molecule has 5 rings (SSSR count). The zero-order chi connectivity index (χ0) is 20.7. The monoisotopic (exact) mass is 404 g/mol. The van der Waals surface area contributed by atoms with Gasteiger partial charge in [0.25, 0.3) is 11.5 Å². The molecule has 0 saturated heterocycles. The first-order valence-corrected chi connectivity index (χ1v) is 9.74. The van der Waals surface area contributed by atoms with E-state index in [1.165, 1.54) is 4.57 Å². The number of ether oxygens (including phenoxy) is 3. The number of nitrogens with zero attached hydrogens (tertiary/aromatic N) is 2. The standard InChI is InChI=1S/C23H20N2O5/c1-15-8-9-25(17-6-7-19-20(12-17)30-14-29-19)23(27)21(15)22(26)24-10-11-28-18-5-3-2-4-16(18)13-24/h2-9,12H,10-11,13-14H2,1H3. The van der Waals surface area contributed by atoms with Gasteiger partial charge in [0.1, 0.15) is 17.9 Å². The number of pyridine rings is 1. The van der Waals surface area contributed by atoms with Crippen molar-refractivity contribution in [2.45, 2.75) is 13.5 Å².